The van der Waals surface area contributed by atoms with Crippen molar-refractivity contribution in [2.75, 3.05) is 13.2 Å². The van der Waals surface area contributed by atoms with Crippen LogP contribution >= 0.6 is 0 Å². The minimum atomic E-state index is -2.98. The van der Waals surface area contributed by atoms with Crippen molar-refractivity contribution < 1.29 is 33.0 Å². The molecule has 0 unspecified atom stereocenters. The van der Waals surface area contributed by atoms with Gasteiger partial charge in [-0.15, -0.1) is 0 Å². The SMILES string of the molecule is O=C(O)CC1(NC(=O)c2cccc(OC(F)F)c2)CCOCC1. The zero-order valence-corrected chi connectivity index (χ0v) is 12.3. The molecule has 1 fully saturated rings. The summed E-state index contributed by atoms with van der Waals surface area (Å²) in [4.78, 5) is 23.4. The maximum atomic E-state index is 12.3. The summed E-state index contributed by atoms with van der Waals surface area (Å²) in [7, 11) is 0. The van der Waals surface area contributed by atoms with Crippen molar-refractivity contribution >= 4 is 11.9 Å². The largest absolute Gasteiger partial charge is 0.481 e. The molecule has 0 spiro atoms. The van der Waals surface area contributed by atoms with Gasteiger partial charge < -0.3 is 19.9 Å². The lowest BCUT2D eigenvalue weighted by Crippen LogP contribution is -2.53. The first-order valence-electron chi connectivity index (χ1n) is 7.07. The number of amides is 1. The molecule has 1 amide bonds. The summed E-state index contributed by atoms with van der Waals surface area (Å²) in [6.07, 6.45) is 0.520. The van der Waals surface area contributed by atoms with Gasteiger partial charge in [0.1, 0.15) is 5.75 Å². The van der Waals surface area contributed by atoms with E-state index >= 15 is 0 Å². The Balaban J connectivity index is 2.13. The average Bonchev–Trinajstić information content (AvgIpc) is 2.46. The molecular weight excluding hydrogens is 312 g/mol. The number of hydrogen-bond donors (Lipinski definition) is 2. The van der Waals surface area contributed by atoms with Gasteiger partial charge in [-0.2, -0.15) is 8.78 Å². The molecule has 1 aromatic rings. The lowest BCUT2D eigenvalue weighted by Gasteiger charge is -2.36. The highest BCUT2D eigenvalue weighted by Crippen LogP contribution is 2.26. The van der Waals surface area contributed by atoms with Gasteiger partial charge in [-0.05, 0) is 31.0 Å². The van der Waals surface area contributed by atoms with Crippen LogP contribution in [0.15, 0.2) is 24.3 Å². The summed E-state index contributed by atoms with van der Waals surface area (Å²) in [5.74, 6) is -1.69. The number of carboxylic acids is 1. The number of hydrogen-bond acceptors (Lipinski definition) is 4. The van der Waals surface area contributed by atoms with Crippen LogP contribution in [0.25, 0.3) is 0 Å². The second kappa shape index (κ2) is 7.36. The van der Waals surface area contributed by atoms with Crippen LogP contribution in [0.4, 0.5) is 8.78 Å². The lowest BCUT2D eigenvalue weighted by atomic mass is 9.86. The molecule has 2 rings (SSSR count). The van der Waals surface area contributed by atoms with E-state index in [9.17, 15) is 18.4 Å². The van der Waals surface area contributed by atoms with Crippen molar-refractivity contribution in [2.24, 2.45) is 0 Å². The van der Waals surface area contributed by atoms with Crippen LogP contribution in [0.2, 0.25) is 0 Å². The molecule has 23 heavy (non-hydrogen) atoms. The predicted molar refractivity (Wildman–Crippen MR) is 75.6 cm³/mol. The number of benzene rings is 1. The summed E-state index contributed by atoms with van der Waals surface area (Å²) >= 11 is 0. The number of nitrogens with one attached hydrogen (secondary N) is 1. The van der Waals surface area contributed by atoms with E-state index in [0.29, 0.717) is 26.1 Å². The van der Waals surface area contributed by atoms with Gasteiger partial charge in [0.05, 0.1) is 12.0 Å². The fourth-order valence-corrected chi connectivity index (χ4v) is 2.52. The number of carbonyl (C=O) groups is 2. The molecule has 2 N–H and O–H groups in total. The molecule has 1 aliphatic rings. The average molecular weight is 329 g/mol. The Bertz CT molecular complexity index is 573. The first kappa shape index (κ1) is 17.1. The van der Waals surface area contributed by atoms with E-state index in [-0.39, 0.29) is 17.7 Å². The van der Waals surface area contributed by atoms with Crippen molar-refractivity contribution in [1.29, 1.82) is 0 Å². The van der Waals surface area contributed by atoms with E-state index in [0.717, 1.165) is 0 Å². The van der Waals surface area contributed by atoms with Gasteiger partial charge in [0.15, 0.2) is 0 Å². The topological polar surface area (TPSA) is 84.9 Å². The molecule has 8 heteroatoms. The highest BCUT2D eigenvalue weighted by molar-refractivity contribution is 5.95. The third-order valence-electron chi connectivity index (χ3n) is 3.64. The Morgan fingerprint density at radius 1 is 1.35 bits per heavy atom. The summed E-state index contributed by atoms with van der Waals surface area (Å²) in [6, 6.07) is 5.36. The third-order valence-corrected chi connectivity index (χ3v) is 3.64. The Morgan fingerprint density at radius 2 is 2.04 bits per heavy atom. The highest BCUT2D eigenvalue weighted by Gasteiger charge is 2.36. The quantitative estimate of drug-likeness (QED) is 0.834. The molecule has 0 aromatic heterocycles. The number of carboxylic acid groups (broad SMARTS) is 1. The summed E-state index contributed by atoms with van der Waals surface area (Å²) in [5.41, 5.74) is -0.778. The van der Waals surface area contributed by atoms with Crippen LogP contribution in [-0.2, 0) is 9.53 Å². The van der Waals surface area contributed by atoms with Gasteiger partial charge in [-0.3, -0.25) is 9.59 Å². The number of carbonyl (C=O) groups excluding carboxylic acids is 1. The molecule has 6 nitrogen and oxygen atoms in total. The van der Waals surface area contributed by atoms with Crippen molar-refractivity contribution in [2.45, 2.75) is 31.4 Å². The smallest absolute Gasteiger partial charge is 0.387 e. The first-order valence-corrected chi connectivity index (χ1v) is 7.07. The zero-order valence-electron chi connectivity index (χ0n) is 12.3. The standard InChI is InChI=1S/C15H17F2NO5/c16-14(17)23-11-3-1-2-10(8-11)13(21)18-15(9-12(19)20)4-6-22-7-5-15/h1-3,8,14H,4-7,9H2,(H,18,21)(H,19,20). The van der Waals surface area contributed by atoms with Gasteiger partial charge in [-0.1, -0.05) is 6.07 Å². The molecule has 1 heterocycles. The van der Waals surface area contributed by atoms with E-state index < -0.39 is 24.0 Å². The fourth-order valence-electron chi connectivity index (χ4n) is 2.52. The Labute approximate surface area is 131 Å². The minimum Gasteiger partial charge on any atom is -0.481 e. The number of alkyl halides is 2. The molecule has 126 valence electrons. The molecular formula is C15H17F2NO5. The molecule has 0 radical (unpaired) electrons. The van der Waals surface area contributed by atoms with Crippen molar-refractivity contribution in [3.8, 4) is 5.75 Å². The second-order valence-corrected chi connectivity index (χ2v) is 5.32. The normalized spacial score (nSPS) is 16.8. The fraction of sp³-hybridized carbons (Fsp3) is 0.467. The summed E-state index contributed by atoms with van der Waals surface area (Å²) < 4.78 is 33.9. The summed E-state index contributed by atoms with van der Waals surface area (Å²) in [5, 5.41) is 11.8. The number of halogens is 2. The van der Waals surface area contributed by atoms with Crippen LogP contribution in [0, 0.1) is 0 Å². The van der Waals surface area contributed by atoms with Gasteiger partial charge in [0.25, 0.3) is 5.91 Å². The minimum absolute atomic E-state index is 0.124. The van der Waals surface area contributed by atoms with Gasteiger partial charge in [0, 0.05) is 18.8 Å². The predicted octanol–water partition coefficient (Wildman–Crippen LogP) is 2.04. The van der Waals surface area contributed by atoms with Crippen LogP contribution in [0.3, 0.4) is 0 Å². The monoisotopic (exact) mass is 329 g/mol. The van der Waals surface area contributed by atoms with Gasteiger partial charge in [-0.25, -0.2) is 0 Å². The zero-order chi connectivity index (χ0) is 16.9. The van der Waals surface area contributed by atoms with Crippen molar-refractivity contribution in [3.05, 3.63) is 29.8 Å². The molecule has 0 bridgehead atoms. The molecule has 1 saturated heterocycles. The highest BCUT2D eigenvalue weighted by atomic mass is 19.3. The number of ether oxygens (including phenoxy) is 2. The Kier molecular flexibility index (Phi) is 5.49. The number of rotatable bonds is 6. The first-order chi connectivity index (χ1) is 10.9. The van der Waals surface area contributed by atoms with Crippen LogP contribution in [-0.4, -0.2) is 42.3 Å². The van der Waals surface area contributed by atoms with Gasteiger partial charge >= 0.3 is 12.6 Å². The Hall–Kier alpha value is -2.22. The second-order valence-electron chi connectivity index (χ2n) is 5.32. The lowest BCUT2D eigenvalue weighted by molar-refractivity contribution is -0.139. The van der Waals surface area contributed by atoms with E-state index in [4.69, 9.17) is 9.84 Å². The molecule has 1 aliphatic heterocycles. The van der Waals surface area contributed by atoms with Gasteiger partial charge in [0.2, 0.25) is 0 Å². The van der Waals surface area contributed by atoms with Crippen molar-refractivity contribution in [3.63, 3.8) is 0 Å². The molecule has 1 aromatic carbocycles. The van der Waals surface area contributed by atoms with Crippen LogP contribution in [0.5, 0.6) is 5.75 Å². The molecule has 0 aliphatic carbocycles. The maximum absolute atomic E-state index is 12.3. The van der Waals surface area contributed by atoms with E-state index in [1.54, 1.807) is 0 Å². The third kappa shape index (κ3) is 4.88. The van der Waals surface area contributed by atoms with Crippen LogP contribution in [0.1, 0.15) is 29.6 Å². The number of aliphatic carboxylic acids is 1. The van der Waals surface area contributed by atoms with E-state index in [1.165, 1.54) is 24.3 Å². The maximum Gasteiger partial charge on any atom is 0.387 e. The van der Waals surface area contributed by atoms with E-state index in [1.807, 2.05) is 0 Å². The molecule has 0 saturated carbocycles. The molecule has 0 atom stereocenters. The Morgan fingerprint density at radius 3 is 2.65 bits per heavy atom. The van der Waals surface area contributed by atoms with E-state index in [2.05, 4.69) is 10.1 Å². The van der Waals surface area contributed by atoms with Crippen molar-refractivity contribution in [1.82, 2.24) is 5.32 Å². The van der Waals surface area contributed by atoms with Crippen LogP contribution < -0.4 is 10.1 Å². The summed E-state index contributed by atoms with van der Waals surface area (Å²) in [6.45, 7) is -2.29.